The van der Waals surface area contributed by atoms with E-state index in [0.29, 0.717) is 24.0 Å². The van der Waals surface area contributed by atoms with E-state index in [1.807, 2.05) is 25.2 Å². The van der Waals surface area contributed by atoms with Crippen LogP contribution in [0.3, 0.4) is 0 Å². The van der Waals surface area contributed by atoms with E-state index in [-0.39, 0.29) is 0 Å². The Morgan fingerprint density at radius 2 is 2.00 bits per heavy atom. The fourth-order valence-corrected chi connectivity index (χ4v) is 2.44. The van der Waals surface area contributed by atoms with E-state index < -0.39 is 0 Å². The molecular weight excluding hydrogens is 334 g/mol. The summed E-state index contributed by atoms with van der Waals surface area (Å²) >= 11 is 3.55. The zero-order valence-corrected chi connectivity index (χ0v) is 13.1. The van der Waals surface area contributed by atoms with Gasteiger partial charge < -0.3 is 8.94 Å². The van der Waals surface area contributed by atoms with Crippen LogP contribution in [0.15, 0.2) is 56.1 Å². The molecule has 0 aliphatic heterocycles. The Balaban J connectivity index is 1.65. The molecule has 0 bridgehead atoms. The minimum Gasteiger partial charge on any atom is -0.461 e. The summed E-state index contributed by atoms with van der Waals surface area (Å²) < 4.78 is 11.6. The molecule has 0 saturated carbocycles. The zero-order chi connectivity index (χ0) is 14.7. The standard InChI is InChI=1S/C15H14BrN3O2/c1-19(9-11-5-2-3-6-12(11)16)10-14-17-15(18-21-14)13-7-4-8-20-13/h2-8H,9-10H2,1H3. The van der Waals surface area contributed by atoms with Crippen LogP contribution in [0, 0.1) is 0 Å². The lowest BCUT2D eigenvalue weighted by atomic mass is 10.2. The predicted molar refractivity (Wildman–Crippen MR) is 81.3 cm³/mol. The third kappa shape index (κ3) is 3.40. The third-order valence-electron chi connectivity index (χ3n) is 3.01. The molecule has 0 radical (unpaired) electrons. The molecule has 21 heavy (non-hydrogen) atoms. The molecular formula is C15H14BrN3O2. The van der Waals surface area contributed by atoms with Crippen molar-refractivity contribution in [2.24, 2.45) is 0 Å². The molecule has 0 unspecified atom stereocenters. The Morgan fingerprint density at radius 1 is 1.14 bits per heavy atom. The highest BCUT2D eigenvalue weighted by Crippen LogP contribution is 2.19. The minimum atomic E-state index is 0.476. The number of halogens is 1. The first-order valence-corrected chi connectivity index (χ1v) is 7.30. The molecule has 0 saturated heterocycles. The van der Waals surface area contributed by atoms with Crippen LogP contribution in [0.2, 0.25) is 0 Å². The second kappa shape index (κ2) is 6.24. The molecule has 0 atom stereocenters. The number of benzene rings is 1. The highest BCUT2D eigenvalue weighted by atomic mass is 79.9. The van der Waals surface area contributed by atoms with Gasteiger partial charge in [-0.2, -0.15) is 4.98 Å². The molecule has 3 rings (SSSR count). The van der Waals surface area contributed by atoms with Crippen LogP contribution in [-0.2, 0) is 13.1 Å². The van der Waals surface area contributed by atoms with Crippen molar-refractivity contribution in [3.63, 3.8) is 0 Å². The zero-order valence-electron chi connectivity index (χ0n) is 11.5. The van der Waals surface area contributed by atoms with Crippen LogP contribution >= 0.6 is 15.9 Å². The summed E-state index contributed by atoms with van der Waals surface area (Å²) in [7, 11) is 2.01. The Labute approximate surface area is 130 Å². The van der Waals surface area contributed by atoms with Crippen molar-refractivity contribution in [2.45, 2.75) is 13.1 Å². The van der Waals surface area contributed by atoms with Gasteiger partial charge >= 0.3 is 0 Å². The first kappa shape index (κ1) is 14.0. The summed E-state index contributed by atoms with van der Waals surface area (Å²) in [6.45, 7) is 1.37. The first-order valence-electron chi connectivity index (χ1n) is 6.51. The van der Waals surface area contributed by atoms with Crippen LogP contribution in [0.5, 0.6) is 0 Å². The maximum absolute atomic E-state index is 5.25. The normalized spacial score (nSPS) is 11.2. The van der Waals surface area contributed by atoms with Gasteiger partial charge in [-0.25, -0.2) is 0 Å². The van der Waals surface area contributed by atoms with Gasteiger partial charge in [0, 0.05) is 11.0 Å². The molecule has 2 heterocycles. The monoisotopic (exact) mass is 347 g/mol. The molecule has 0 spiro atoms. The van der Waals surface area contributed by atoms with Gasteiger partial charge in [0.25, 0.3) is 0 Å². The van der Waals surface area contributed by atoms with Crippen LogP contribution < -0.4 is 0 Å². The van der Waals surface area contributed by atoms with Gasteiger partial charge in [-0.15, -0.1) is 0 Å². The van der Waals surface area contributed by atoms with Crippen molar-refractivity contribution in [2.75, 3.05) is 7.05 Å². The Morgan fingerprint density at radius 3 is 2.76 bits per heavy atom. The van der Waals surface area contributed by atoms with Crippen molar-refractivity contribution >= 4 is 15.9 Å². The molecule has 0 amide bonds. The number of rotatable bonds is 5. The maximum Gasteiger partial charge on any atom is 0.241 e. The van der Waals surface area contributed by atoms with Gasteiger partial charge in [-0.05, 0) is 30.8 Å². The van der Waals surface area contributed by atoms with Gasteiger partial charge in [-0.3, -0.25) is 4.90 Å². The van der Waals surface area contributed by atoms with Crippen LogP contribution in [-0.4, -0.2) is 22.1 Å². The van der Waals surface area contributed by atoms with E-state index >= 15 is 0 Å². The van der Waals surface area contributed by atoms with E-state index in [9.17, 15) is 0 Å². The molecule has 0 fully saturated rings. The minimum absolute atomic E-state index is 0.476. The highest BCUT2D eigenvalue weighted by Gasteiger charge is 2.13. The third-order valence-corrected chi connectivity index (χ3v) is 3.79. The summed E-state index contributed by atoms with van der Waals surface area (Å²) in [4.78, 5) is 6.44. The largest absolute Gasteiger partial charge is 0.461 e. The average molecular weight is 348 g/mol. The van der Waals surface area contributed by atoms with Crippen molar-refractivity contribution < 1.29 is 8.94 Å². The Bertz CT molecular complexity index is 709. The molecule has 6 heteroatoms. The molecule has 0 aliphatic rings. The fraction of sp³-hybridized carbons (Fsp3) is 0.200. The maximum atomic E-state index is 5.25. The lowest BCUT2D eigenvalue weighted by molar-refractivity contribution is 0.260. The van der Waals surface area contributed by atoms with Gasteiger partial charge in [0.05, 0.1) is 12.8 Å². The summed E-state index contributed by atoms with van der Waals surface area (Å²) in [5.41, 5.74) is 1.21. The smallest absolute Gasteiger partial charge is 0.241 e. The fourth-order valence-electron chi connectivity index (χ4n) is 2.03. The first-order chi connectivity index (χ1) is 10.2. The van der Waals surface area contributed by atoms with Crippen LogP contribution in [0.1, 0.15) is 11.5 Å². The summed E-state index contributed by atoms with van der Waals surface area (Å²) in [6, 6.07) is 11.7. The van der Waals surface area contributed by atoms with Gasteiger partial charge in [0.15, 0.2) is 5.76 Å². The average Bonchev–Trinajstić information content (AvgIpc) is 3.12. The van der Waals surface area contributed by atoms with E-state index in [4.69, 9.17) is 8.94 Å². The Kier molecular flexibility index (Phi) is 4.17. The predicted octanol–water partition coefficient (Wildman–Crippen LogP) is 3.72. The lowest BCUT2D eigenvalue weighted by Crippen LogP contribution is -2.17. The quantitative estimate of drug-likeness (QED) is 0.703. The number of aromatic nitrogens is 2. The van der Waals surface area contributed by atoms with Gasteiger partial charge in [-0.1, -0.05) is 39.3 Å². The molecule has 0 aliphatic carbocycles. The second-order valence-corrected chi connectivity index (χ2v) is 5.61. The van der Waals surface area contributed by atoms with E-state index in [1.165, 1.54) is 5.56 Å². The van der Waals surface area contributed by atoms with Gasteiger partial charge in [0.2, 0.25) is 11.7 Å². The molecule has 3 aromatic rings. The van der Waals surface area contributed by atoms with E-state index in [0.717, 1.165) is 11.0 Å². The number of nitrogens with zero attached hydrogens (tertiary/aromatic N) is 3. The molecule has 0 N–H and O–H groups in total. The SMILES string of the molecule is CN(Cc1nc(-c2ccco2)no1)Cc1ccccc1Br. The molecule has 5 nitrogen and oxygen atoms in total. The van der Waals surface area contributed by atoms with Crippen LogP contribution in [0.25, 0.3) is 11.6 Å². The van der Waals surface area contributed by atoms with E-state index in [1.54, 1.807) is 18.4 Å². The van der Waals surface area contributed by atoms with Gasteiger partial charge in [0.1, 0.15) is 0 Å². The summed E-state index contributed by atoms with van der Waals surface area (Å²) in [6.07, 6.45) is 1.59. The molecule has 2 aromatic heterocycles. The van der Waals surface area contributed by atoms with Crippen molar-refractivity contribution in [3.05, 3.63) is 58.6 Å². The number of furan rings is 1. The summed E-state index contributed by atoms with van der Waals surface area (Å²) in [5.74, 6) is 1.65. The Hall–Kier alpha value is -1.92. The molecule has 108 valence electrons. The number of hydrogen-bond acceptors (Lipinski definition) is 5. The van der Waals surface area contributed by atoms with Crippen molar-refractivity contribution in [1.82, 2.24) is 15.0 Å². The second-order valence-electron chi connectivity index (χ2n) is 4.75. The van der Waals surface area contributed by atoms with E-state index in [2.05, 4.69) is 37.0 Å². The van der Waals surface area contributed by atoms with Crippen molar-refractivity contribution in [3.8, 4) is 11.6 Å². The topological polar surface area (TPSA) is 55.3 Å². The summed E-state index contributed by atoms with van der Waals surface area (Å²) in [5, 5.41) is 3.92. The lowest BCUT2D eigenvalue weighted by Gasteiger charge is -2.15. The number of hydrogen-bond donors (Lipinski definition) is 0. The highest BCUT2D eigenvalue weighted by molar-refractivity contribution is 9.10. The molecule has 1 aromatic carbocycles. The van der Waals surface area contributed by atoms with Crippen LogP contribution in [0.4, 0.5) is 0 Å². The van der Waals surface area contributed by atoms with Crippen molar-refractivity contribution in [1.29, 1.82) is 0 Å².